The molecule has 0 unspecified atom stereocenters. The molecule has 3 aliphatic heterocycles. The summed E-state index contributed by atoms with van der Waals surface area (Å²) in [5.41, 5.74) is 6.82. The molecule has 3 saturated heterocycles. The number of amides is 2. The molecule has 27 heavy (non-hydrogen) atoms. The number of anilines is 1. The largest absolute Gasteiger partial charge is 0.325 e. The van der Waals surface area contributed by atoms with Crippen molar-refractivity contribution in [2.45, 2.75) is 43.4 Å². The zero-order valence-electron chi connectivity index (χ0n) is 14.9. The van der Waals surface area contributed by atoms with E-state index in [1.165, 1.54) is 12.1 Å². The topological polar surface area (TPSA) is 93.7 Å². The van der Waals surface area contributed by atoms with E-state index in [0.717, 1.165) is 6.42 Å². The van der Waals surface area contributed by atoms with Crippen LogP contribution in [0.25, 0.3) is 0 Å². The third-order valence-electron chi connectivity index (χ3n) is 5.81. The van der Waals surface area contributed by atoms with Gasteiger partial charge >= 0.3 is 0 Å². The number of fused-ring (bicyclic) bond motifs is 2. The van der Waals surface area contributed by atoms with Crippen LogP contribution in [0.2, 0.25) is 0 Å². The Hall–Kier alpha value is -2.50. The van der Waals surface area contributed by atoms with Crippen molar-refractivity contribution in [2.24, 2.45) is 5.73 Å². The number of rotatable bonds is 4. The number of halogens is 1. The number of carbonyl (C=O) groups excluding carboxylic acids is 2. The van der Waals surface area contributed by atoms with Crippen LogP contribution in [0.1, 0.15) is 19.3 Å². The fourth-order valence-electron chi connectivity index (χ4n) is 4.51. The van der Waals surface area contributed by atoms with Gasteiger partial charge in [0, 0.05) is 25.3 Å². The molecule has 0 aliphatic carbocycles. The van der Waals surface area contributed by atoms with Crippen LogP contribution >= 0.6 is 0 Å². The highest BCUT2D eigenvalue weighted by molar-refractivity contribution is 6.01. The van der Waals surface area contributed by atoms with E-state index >= 15 is 0 Å². The van der Waals surface area contributed by atoms with Gasteiger partial charge in [-0.05, 0) is 43.5 Å². The van der Waals surface area contributed by atoms with Gasteiger partial charge in [0.1, 0.15) is 11.9 Å². The smallest absolute Gasteiger partial charge is 0.244 e. The first-order valence-corrected chi connectivity index (χ1v) is 9.28. The highest BCUT2D eigenvalue weighted by atomic mass is 19.1. The van der Waals surface area contributed by atoms with Gasteiger partial charge in [0.15, 0.2) is 0 Å². The van der Waals surface area contributed by atoms with E-state index in [1.54, 1.807) is 21.9 Å². The Bertz CT molecular complexity index is 792. The lowest BCUT2D eigenvalue weighted by atomic mass is 10.2. The SMILES string of the molecule is N#C[C@@H]1CCCN1C(=O)[C@@H](N)CN1C[C@@H]2C[C@H]1C(=O)N2c1ccc(F)cc1. The van der Waals surface area contributed by atoms with Crippen LogP contribution in [-0.2, 0) is 9.59 Å². The van der Waals surface area contributed by atoms with E-state index in [0.29, 0.717) is 38.2 Å². The third-order valence-corrected chi connectivity index (χ3v) is 5.81. The van der Waals surface area contributed by atoms with Crippen LogP contribution in [0.4, 0.5) is 10.1 Å². The molecule has 1 aromatic carbocycles. The van der Waals surface area contributed by atoms with Crippen molar-refractivity contribution in [1.82, 2.24) is 9.80 Å². The molecule has 0 aromatic heterocycles. The quantitative estimate of drug-likeness (QED) is 0.830. The summed E-state index contributed by atoms with van der Waals surface area (Å²) in [6, 6.07) is 6.65. The Balaban J connectivity index is 1.40. The lowest BCUT2D eigenvalue weighted by molar-refractivity contribution is -0.134. The molecule has 0 saturated carbocycles. The van der Waals surface area contributed by atoms with Crippen molar-refractivity contribution in [3.8, 4) is 6.07 Å². The average Bonchev–Trinajstić information content (AvgIpc) is 3.36. The fraction of sp³-hybridized carbons (Fsp3) is 0.526. The number of hydrogen-bond donors (Lipinski definition) is 1. The highest BCUT2D eigenvalue weighted by Gasteiger charge is 2.50. The molecular formula is C19H22FN5O2. The van der Waals surface area contributed by atoms with E-state index in [4.69, 9.17) is 11.0 Å². The number of nitrogens with two attached hydrogens (primary N) is 1. The second-order valence-electron chi connectivity index (χ2n) is 7.47. The molecule has 2 N–H and O–H groups in total. The van der Waals surface area contributed by atoms with Gasteiger partial charge in [-0.1, -0.05) is 0 Å². The minimum absolute atomic E-state index is 0.00825. The molecule has 4 rings (SSSR count). The van der Waals surface area contributed by atoms with E-state index in [-0.39, 0.29) is 29.7 Å². The van der Waals surface area contributed by atoms with Gasteiger partial charge in [0.25, 0.3) is 0 Å². The van der Waals surface area contributed by atoms with Crippen molar-refractivity contribution in [3.63, 3.8) is 0 Å². The first-order chi connectivity index (χ1) is 13.0. The van der Waals surface area contributed by atoms with Crippen LogP contribution in [-0.4, -0.2) is 65.4 Å². The van der Waals surface area contributed by atoms with Gasteiger partial charge in [-0.3, -0.25) is 14.5 Å². The second-order valence-corrected chi connectivity index (χ2v) is 7.47. The second kappa shape index (κ2) is 6.91. The molecule has 2 amide bonds. The Morgan fingerprint density at radius 2 is 2.11 bits per heavy atom. The molecule has 4 atom stereocenters. The molecule has 3 heterocycles. The first-order valence-electron chi connectivity index (χ1n) is 9.28. The van der Waals surface area contributed by atoms with Gasteiger partial charge in [-0.2, -0.15) is 5.26 Å². The number of nitrogens with zero attached hydrogens (tertiary/aromatic N) is 4. The summed E-state index contributed by atoms with van der Waals surface area (Å²) in [6.45, 7) is 1.50. The van der Waals surface area contributed by atoms with E-state index in [9.17, 15) is 14.0 Å². The van der Waals surface area contributed by atoms with Crippen LogP contribution in [0.15, 0.2) is 24.3 Å². The third kappa shape index (κ3) is 3.07. The Morgan fingerprint density at radius 1 is 1.37 bits per heavy atom. The van der Waals surface area contributed by atoms with Crippen LogP contribution < -0.4 is 10.6 Å². The molecule has 3 fully saturated rings. The summed E-state index contributed by atoms with van der Waals surface area (Å²) >= 11 is 0. The standard InChI is InChI=1S/C19H22FN5O2/c20-12-3-5-13(6-4-12)25-15-8-17(19(25)27)23(10-15)11-16(22)18(26)24-7-1-2-14(24)9-21/h3-6,14-17H,1-2,7-8,10-11,22H2/t14-,15-,16-,17-/m0/s1. The number of nitriles is 1. The predicted octanol–water partition coefficient (Wildman–Crippen LogP) is 0.457. The maximum Gasteiger partial charge on any atom is 0.244 e. The minimum atomic E-state index is -0.745. The maximum absolute atomic E-state index is 13.1. The van der Waals surface area contributed by atoms with Crippen LogP contribution in [0, 0.1) is 17.1 Å². The van der Waals surface area contributed by atoms with Gasteiger partial charge in [-0.15, -0.1) is 0 Å². The highest BCUT2D eigenvalue weighted by Crippen LogP contribution is 2.35. The van der Waals surface area contributed by atoms with Gasteiger partial charge < -0.3 is 15.5 Å². The summed E-state index contributed by atoms with van der Waals surface area (Å²) in [5, 5.41) is 9.16. The van der Waals surface area contributed by atoms with Gasteiger partial charge in [0.05, 0.1) is 24.2 Å². The molecule has 7 nitrogen and oxygen atoms in total. The maximum atomic E-state index is 13.1. The normalized spacial score (nSPS) is 28.6. The molecule has 0 spiro atoms. The molecule has 8 heteroatoms. The van der Waals surface area contributed by atoms with Gasteiger partial charge in [0.2, 0.25) is 11.8 Å². The van der Waals surface area contributed by atoms with E-state index in [2.05, 4.69) is 6.07 Å². The van der Waals surface area contributed by atoms with E-state index in [1.807, 2.05) is 4.90 Å². The summed E-state index contributed by atoms with van der Waals surface area (Å²) in [5.74, 6) is -0.586. The van der Waals surface area contributed by atoms with Crippen molar-refractivity contribution < 1.29 is 14.0 Å². The van der Waals surface area contributed by atoms with Crippen molar-refractivity contribution in [1.29, 1.82) is 5.26 Å². The number of carbonyl (C=O) groups is 2. The predicted molar refractivity (Wildman–Crippen MR) is 96.0 cm³/mol. The minimum Gasteiger partial charge on any atom is -0.325 e. The average molecular weight is 371 g/mol. The molecule has 1 aromatic rings. The zero-order valence-corrected chi connectivity index (χ0v) is 14.9. The monoisotopic (exact) mass is 371 g/mol. The number of hydrogen-bond acceptors (Lipinski definition) is 5. The van der Waals surface area contributed by atoms with Crippen LogP contribution in [0.5, 0.6) is 0 Å². The summed E-state index contributed by atoms with van der Waals surface area (Å²) in [4.78, 5) is 30.6. The lowest BCUT2D eigenvalue weighted by Gasteiger charge is -2.35. The Labute approximate surface area is 157 Å². The van der Waals surface area contributed by atoms with Crippen molar-refractivity contribution in [2.75, 3.05) is 24.5 Å². The fourth-order valence-corrected chi connectivity index (χ4v) is 4.51. The molecule has 142 valence electrons. The van der Waals surface area contributed by atoms with E-state index < -0.39 is 12.1 Å². The molecular weight excluding hydrogens is 349 g/mol. The Kier molecular flexibility index (Phi) is 4.58. The van der Waals surface area contributed by atoms with Gasteiger partial charge in [-0.25, -0.2) is 4.39 Å². The summed E-state index contributed by atoms with van der Waals surface area (Å²) in [7, 11) is 0. The molecule has 3 aliphatic rings. The van der Waals surface area contributed by atoms with Crippen molar-refractivity contribution in [3.05, 3.63) is 30.1 Å². The van der Waals surface area contributed by atoms with Crippen LogP contribution in [0.3, 0.4) is 0 Å². The summed E-state index contributed by atoms with van der Waals surface area (Å²) < 4.78 is 13.1. The molecule has 2 bridgehead atoms. The Morgan fingerprint density at radius 3 is 2.78 bits per heavy atom. The number of piperazine rings is 1. The number of likely N-dealkylation sites (tertiary alicyclic amines) is 2. The molecule has 0 radical (unpaired) electrons. The first kappa shape index (κ1) is 17.9. The summed E-state index contributed by atoms with van der Waals surface area (Å²) in [6.07, 6.45) is 2.19. The number of benzene rings is 1. The lowest BCUT2D eigenvalue weighted by Crippen LogP contribution is -2.56. The van der Waals surface area contributed by atoms with Crippen molar-refractivity contribution >= 4 is 17.5 Å². The zero-order chi connectivity index (χ0) is 19.1.